The van der Waals surface area contributed by atoms with Crippen LogP contribution in [-0.2, 0) is 4.79 Å². The van der Waals surface area contributed by atoms with Crippen LogP contribution in [0.3, 0.4) is 0 Å². The summed E-state index contributed by atoms with van der Waals surface area (Å²) < 4.78 is 76.2. The summed E-state index contributed by atoms with van der Waals surface area (Å²) in [4.78, 5) is 27.1. The van der Waals surface area contributed by atoms with Crippen molar-refractivity contribution < 1.29 is 35.9 Å². The van der Waals surface area contributed by atoms with Gasteiger partial charge in [-0.2, -0.15) is 26.3 Å². The highest BCUT2D eigenvalue weighted by atomic mass is 32.1. The summed E-state index contributed by atoms with van der Waals surface area (Å²) in [5, 5.41) is 5.30. The van der Waals surface area contributed by atoms with E-state index in [4.69, 9.17) is 0 Å². The lowest BCUT2D eigenvalue weighted by Crippen LogP contribution is -2.60. The number of halogens is 6. The first-order valence-electron chi connectivity index (χ1n) is 6.90. The minimum absolute atomic E-state index is 0.0485. The molecule has 3 amide bonds. The fourth-order valence-electron chi connectivity index (χ4n) is 2.37. The molecule has 13 heteroatoms. The molecular formula is C12H12F6N4O2S. The number of nitrogens with zero attached hydrogens (tertiary/aromatic N) is 2. The predicted molar refractivity (Wildman–Crippen MR) is 74.9 cm³/mol. The number of hydrogen-bond acceptors (Lipinski definition) is 4. The number of carbonyl (C=O) groups excluding carboxylic acids is 2. The van der Waals surface area contributed by atoms with Gasteiger partial charge in [-0.25, -0.2) is 9.78 Å². The highest BCUT2D eigenvalue weighted by molar-refractivity contribution is 7.13. The molecule has 0 radical (unpaired) electrons. The number of likely N-dealkylation sites (tertiary alicyclic amines) is 1. The maximum Gasteiger partial charge on any atom is 0.471 e. The number of amides is 3. The van der Waals surface area contributed by atoms with Gasteiger partial charge in [-0.15, -0.1) is 11.3 Å². The van der Waals surface area contributed by atoms with Crippen LogP contribution in [0.15, 0.2) is 11.6 Å². The summed E-state index contributed by atoms with van der Waals surface area (Å²) in [5.41, 5.74) is 0. The van der Waals surface area contributed by atoms with Crippen LogP contribution in [0.1, 0.15) is 12.8 Å². The Morgan fingerprint density at radius 2 is 1.88 bits per heavy atom. The monoisotopic (exact) mass is 390 g/mol. The van der Waals surface area contributed by atoms with Crippen LogP contribution >= 0.6 is 11.3 Å². The first-order chi connectivity index (χ1) is 11.5. The summed E-state index contributed by atoms with van der Waals surface area (Å²) in [6, 6.07) is -4.55. The van der Waals surface area contributed by atoms with Gasteiger partial charge in [-0.1, -0.05) is 0 Å². The van der Waals surface area contributed by atoms with Crippen molar-refractivity contribution in [3.05, 3.63) is 11.6 Å². The number of alkyl halides is 6. The van der Waals surface area contributed by atoms with Crippen LogP contribution < -0.4 is 10.6 Å². The second kappa shape index (κ2) is 7.06. The van der Waals surface area contributed by atoms with Crippen LogP contribution in [0.25, 0.3) is 0 Å². The largest absolute Gasteiger partial charge is 0.471 e. The quantitative estimate of drug-likeness (QED) is 0.763. The first-order valence-corrected chi connectivity index (χ1v) is 7.78. The molecule has 1 aromatic rings. The summed E-state index contributed by atoms with van der Waals surface area (Å²) >= 11 is 0.969. The average Bonchev–Trinajstić information content (AvgIpc) is 2.97. The van der Waals surface area contributed by atoms with E-state index >= 15 is 0 Å². The average molecular weight is 390 g/mol. The highest BCUT2D eigenvalue weighted by Crippen LogP contribution is 2.32. The third kappa shape index (κ3) is 4.96. The lowest BCUT2D eigenvalue weighted by Gasteiger charge is -2.40. The van der Waals surface area contributed by atoms with Crippen LogP contribution in [0.5, 0.6) is 0 Å². The third-order valence-corrected chi connectivity index (χ3v) is 4.15. The predicted octanol–water partition coefficient (Wildman–Crippen LogP) is 2.75. The number of nitrogens with one attached hydrogen (secondary N) is 2. The molecule has 0 unspecified atom stereocenters. The van der Waals surface area contributed by atoms with Gasteiger partial charge in [0.1, 0.15) is 6.04 Å². The Labute approximate surface area is 141 Å². The smallest absolute Gasteiger partial charge is 0.344 e. The summed E-state index contributed by atoms with van der Waals surface area (Å²) in [7, 11) is 0. The normalized spacial score (nSPS) is 21.8. The number of thiazole rings is 1. The Bertz CT molecular complexity index is 618. The van der Waals surface area contributed by atoms with E-state index in [-0.39, 0.29) is 11.6 Å². The number of piperidine rings is 1. The first kappa shape index (κ1) is 19.3. The van der Waals surface area contributed by atoms with Crippen molar-refractivity contribution in [2.24, 2.45) is 0 Å². The van der Waals surface area contributed by atoms with Crippen molar-refractivity contribution >= 4 is 28.4 Å². The fourth-order valence-corrected chi connectivity index (χ4v) is 2.89. The van der Waals surface area contributed by atoms with Crippen LogP contribution in [0.4, 0.5) is 36.3 Å². The standard InChI is InChI=1S/C12H12F6N4O2S/c13-11(14,15)7-2-1-6(20-8(23)12(16,17)18)5-22(7)10(24)21-9-19-3-4-25-9/h3-4,6-7H,1-2,5H2,(H,20,23)(H,19,21,24)/t6-,7-/m0/s1. The molecular weight excluding hydrogens is 378 g/mol. The highest BCUT2D eigenvalue weighted by Gasteiger charge is 2.49. The lowest BCUT2D eigenvalue weighted by molar-refractivity contribution is -0.186. The molecule has 0 spiro atoms. The zero-order valence-corrected chi connectivity index (χ0v) is 13.1. The van der Waals surface area contributed by atoms with Crippen molar-refractivity contribution in [1.82, 2.24) is 15.2 Å². The van der Waals surface area contributed by atoms with E-state index in [2.05, 4.69) is 10.3 Å². The number of rotatable bonds is 2. The molecule has 140 valence electrons. The lowest BCUT2D eigenvalue weighted by atomic mass is 9.98. The van der Waals surface area contributed by atoms with Gasteiger partial charge in [0.2, 0.25) is 0 Å². The van der Waals surface area contributed by atoms with Crippen molar-refractivity contribution in [1.29, 1.82) is 0 Å². The number of carbonyl (C=O) groups is 2. The van der Waals surface area contributed by atoms with Crippen molar-refractivity contribution in [3.8, 4) is 0 Å². The van der Waals surface area contributed by atoms with Crippen molar-refractivity contribution in [3.63, 3.8) is 0 Å². The van der Waals surface area contributed by atoms with Gasteiger partial charge in [0, 0.05) is 24.2 Å². The molecule has 1 aliphatic heterocycles. The molecule has 0 saturated carbocycles. The van der Waals surface area contributed by atoms with E-state index in [1.165, 1.54) is 11.6 Å². The van der Waals surface area contributed by atoms with Gasteiger partial charge in [0.15, 0.2) is 5.13 Å². The van der Waals surface area contributed by atoms with Gasteiger partial charge in [0.25, 0.3) is 0 Å². The molecule has 0 aromatic carbocycles. The third-order valence-electron chi connectivity index (χ3n) is 3.46. The van der Waals surface area contributed by atoms with E-state index in [0.717, 1.165) is 11.3 Å². The minimum atomic E-state index is -5.16. The van der Waals surface area contributed by atoms with Gasteiger partial charge in [0.05, 0.1) is 0 Å². The molecule has 1 aliphatic rings. The van der Waals surface area contributed by atoms with E-state index < -0.39 is 49.3 Å². The van der Waals surface area contributed by atoms with Crippen LogP contribution in [0.2, 0.25) is 0 Å². The second-order valence-electron chi connectivity index (χ2n) is 5.22. The summed E-state index contributed by atoms with van der Waals surface area (Å²) in [6.45, 7) is -0.705. The Morgan fingerprint density at radius 3 is 2.40 bits per heavy atom. The van der Waals surface area contributed by atoms with Gasteiger partial charge >= 0.3 is 24.3 Å². The molecule has 1 fully saturated rings. The molecule has 2 rings (SSSR count). The van der Waals surface area contributed by atoms with E-state index in [1.54, 1.807) is 5.32 Å². The maximum absolute atomic E-state index is 13.1. The zero-order chi connectivity index (χ0) is 18.8. The van der Waals surface area contributed by atoms with E-state index in [0.29, 0.717) is 4.90 Å². The van der Waals surface area contributed by atoms with Gasteiger partial charge in [-0.3, -0.25) is 10.1 Å². The van der Waals surface area contributed by atoms with Gasteiger partial charge in [-0.05, 0) is 12.8 Å². The molecule has 2 heterocycles. The molecule has 2 N–H and O–H groups in total. The topological polar surface area (TPSA) is 74.3 Å². The Hall–Kier alpha value is -2.05. The van der Waals surface area contributed by atoms with Crippen molar-refractivity contribution in [2.75, 3.05) is 11.9 Å². The Balaban J connectivity index is 2.11. The Kier molecular flexibility index (Phi) is 5.44. The zero-order valence-electron chi connectivity index (χ0n) is 12.3. The van der Waals surface area contributed by atoms with Crippen LogP contribution in [0, 0.1) is 0 Å². The Morgan fingerprint density at radius 1 is 1.20 bits per heavy atom. The number of anilines is 1. The van der Waals surface area contributed by atoms with E-state index in [1.807, 2.05) is 0 Å². The second-order valence-corrected chi connectivity index (χ2v) is 6.12. The minimum Gasteiger partial charge on any atom is -0.344 e. The molecule has 6 nitrogen and oxygen atoms in total. The molecule has 1 aromatic heterocycles. The number of urea groups is 1. The summed E-state index contributed by atoms with van der Waals surface area (Å²) in [5.74, 6) is -2.26. The summed E-state index contributed by atoms with van der Waals surface area (Å²) in [6.07, 6.45) is -9.55. The molecule has 25 heavy (non-hydrogen) atoms. The molecule has 0 aliphatic carbocycles. The number of aromatic nitrogens is 1. The maximum atomic E-state index is 13.1. The molecule has 1 saturated heterocycles. The fraction of sp³-hybridized carbons (Fsp3) is 0.583. The van der Waals surface area contributed by atoms with Gasteiger partial charge < -0.3 is 10.2 Å². The van der Waals surface area contributed by atoms with Crippen molar-refractivity contribution in [2.45, 2.75) is 37.3 Å². The SMILES string of the molecule is O=C(Nc1nccs1)N1C[C@@H](NC(=O)C(F)(F)F)CC[C@H]1C(F)(F)F. The molecule has 2 atom stereocenters. The number of hydrogen-bond donors (Lipinski definition) is 2. The van der Waals surface area contributed by atoms with E-state index in [9.17, 15) is 35.9 Å². The van der Waals surface area contributed by atoms with Crippen LogP contribution in [-0.4, -0.2) is 52.8 Å². The molecule has 0 bridgehead atoms.